The topological polar surface area (TPSA) is 58.6 Å². The van der Waals surface area contributed by atoms with Crippen molar-refractivity contribution in [2.75, 3.05) is 26.3 Å². The molecule has 1 aliphatic rings. The smallest absolute Gasteiger partial charge is 0.403 e. The summed E-state index contributed by atoms with van der Waals surface area (Å²) >= 11 is 0. The average Bonchev–Trinajstić information content (AvgIpc) is 3.03. The lowest BCUT2D eigenvalue weighted by atomic mass is 10.1. The molecule has 0 heterocycles. The van der Waals surface area contributed by atoms with Gasteiger partial charge in [-0.25, -0.2) is 0 Å². The predicted molar refractivity (Wildman–Crippen MR) is 58.2 cm³/mol. The van der Waals surface area contributed by atoms with E-state index in [0.29, 0.717) is 25.5 Å². The van der Waals surface area contributed by atoms with Gasteiger partial charge in [0.2, 0.25) is 0 Å². The number of ether oxygens (including phenoxy) is 1. The summed E-state index contributed by atoms with van der Waals surface area (Å²) in [7, 11) is 0. The maximum absolute atomic E-state index is 12.3. The molecular weight excluding hydrogens is 251 g/mol. The average molecular weight is 269 g/mol. The van der Waals surface area contributed by atoms with Crippen LogP contribution < -0.4 is 5.32 Å². The van der Waals surface area contributed by atoms with Gasteiger partial charge in [-0.1, -0.05) is 0 Å². The minimum Gasteiger partial charge on any atom is -0.481 e. The van der Waals surface area contributed by atoms with E-state index in [4.69, 9.17) is 9.84 Å². The summed E-state index contributed by atoms with van der Waals surface area (Å²) in [5.41, 5.74) is 0. The Labute approximate surface area is 103 Å². The van der Waals surface area contributed by atoms with Crippen LogP contribution in [0.4, 0.5) is 13.2 Å². The largest absolute Gasteiger partial charge is 0.481 e. The van der Waals surface area contributed by atoms with E-state index in [0.717, 1.165) is 6.61 Å². The first-order chi connectivity index (χ1) is 8.41. The summed E-state index contributed by atoms with van der Waals surface area (Å²) < 4.78 is 42.1. The van der Waals surface area contributed by atoms with Crippen molar-refractivity contribution in [2.24, 2.45) is 11.8 Å². The van der Waals surface area contributed by atoms with Gasteiger partial charge in [-0.2, -0.15) is 13.2 Å². The van der Waals surface area contributed by atoms with Gasteiger partial charge >= 0.3 is 12.1 Å². The SMILES string of the molecule is O=C(O)C(CNCCCOCC1CC1)C(F)(F)F. The molecule has 0 spiro atoms. The second kappa shape index (κ2) is 6.94. The molecule has 1 fully saturated rings. The van der Waals surface area contributed by atoms with Crippen LogP contribution in [-0.2, 0) is 9.53 Å². The fourth-order valence-corrected chi connectivity index (χ4v) is 1.42. The zero-order valence-electron chi connectivity index (χ0n) is 10.0. The van der Waals surface area contributed by atoms with Crippen molar-refractivity contribution in [2.45, 2.75) is 25.4 Å². The number of halogens is 3. The Morgan fingerprint density at radius 3 is 2.61 bits per heavy atom. The van der Waals surface area contributed by atoms with E-state index in [1.807, 2.05) is 0 Å². The van der Waals surface area contributed by atoms with Crippen molar-refractivity contribution in [1.29, 1.82) is 0 Å². The van der Waals surface area contributed by atoms with Crippen molar-refractivity contribution in [3.05, 3.63) is 0 Å². The van der Waals surface area contributed by atoms with Gasteiger partial charge in [-0.15, -0.1) is 0 Å². The Kier molecular flexibility index (Phi) is 5.87. The number of carboxylic acids is 1. The lowest BCUT2D eigenvalue weighted by molar-refractivity contribution is -0.192. The molecule has 1 rings (SSSR count). The summed E-state index contributed by atoms with van der Waals surface area (Å²) in [6.07, 6.45) is -1.73. The van der Waals surface area contributed by atoms with Gasteiger partial charge in [-0.3, -0.25) is 4.79 Å². The van der Waals surface area contributed by atoms with E-state index in [-0.39, 0.29) is 0 Å². The summed E-state index contributed by atoms with van der Waals surface area (Å²) in [6, 6.07) is 0. The van der Waals surface area contributed by atoms with E-state index in [1.165, 1.54) is 12.8 Å². The molecule has 1 unspecified atom stereocenters. The zero-order valence-corrected chi connectivity index (χ0v) is 10.0. The summed E-state index contributed by atoms with van der Waals surface area (Å²) in [6.45, 7) is 0.944. The third kappa shape index (κ3) is 6.20. The second-order valence-corrected chi connectivity index (χ2v) is 4.51. The molecule has 0 aromatic carbocycles. The van der Waals surface area contributed by atoms with Gasteiger partial charge in [0, 0.05) is 19.8 Å². The molecule has 7 heteroatoms. The number of aliphatic carboxylic acids is 1. The molecule has 2 N–H and O–H groups in total. The zero-order chi connectivity index (χ0) is 13.6. The lowest BCUT2D eigenvalue weighted by Gasteiger charge is -2.16. The second-order valence-electron chi connectivity index (χ2n) is 4.51. The van der Waals surface area contributed by atoms with E-state index in [2.05, 4.69) is 5.32 Å². The third-order valence-corrected chi connectivity index (χ3v) is 2.73. The van der Waals surface area contributed by atoms with Crippen LogP contribution in [-0.4, -0.2) is 43.6 Å². The Morgan fingerprint density at radius 2 is 2.11 bits per heavy atom. The molecular formula is C11H18F3NO3. The minimum atomic E-state index is -4.71. The number of rotatable bonds is 9. The molecule has 1 atom stereocenters. The Morgan fingerprint density at radius 1 is 1.44 bits per heavy atom. The van der Waals surface area contributed by atoms with Crippen molar-refractivity contribution < 1.29 is 27.8 Å². The van der Waals surface area contributed by atoms with Gasteiger partial charge in [0.25, 0.3) is 0 Å². The fourth-order valence-electron chi connectivity index (χ4n) is 1.42. The van der Waals surface area contributed by atoms with E-state index >= 15 is 0 Å². The van der Waals surface area contributed by atoms with E-state index in [1.54, 1.807) is 0 Å². The molecule has 0 aliphatic heterocycles. The van der Waals surface area contributed by atoms with Crippen LogP contribution >= 0.6 is 0 Å². The van der Waals surface area contributed by atoms with Gasteiger partial charge < -0.3 is 15.2 Å². The standard InChI is InChI=1S/C11H18F3NO3/c12-11(13,14)9(10(16)17)6-15-4-1-5-18-7-8-2-3-8/h8-9,15H,1-7H2,(H,16,17). The number of carboxylic acid groups (broad SMARTS) is 1. The van der Waals surface area contributed by atoms with E-state index < -0.39 is 24.6 Å². The molecule has 1 saturated carbocycles. The van der Waals surface area contributed by atoms with Crippen LogP contribution in [0.2, 0.25) is 0 Å². The fraction of sp³-hybridized carbons (Fsp3) is 0.909. The van der Waals surface area contributed by atoms with Gasteiger partial charge in [0.05, 0.1) is 0 Å². The minimum absolute atomic E-state index is 0.324. The summed E-state index contributed by atoms with van der Waals surface area (Å²) in [5, 5.41) is 10.9. The predicted octanol–water partition coefficient (Wildman–Crippen LogP) is 1.66. The maximum Gasteiger partial charge on any atom is 0.403 e. The van der Waals surface area contributed by atoms with Crippen LogP contribution in [0.25, 0.3) is 0 Å². The number of carbonyl (C=O) groups is 1. The first-order valence-corrected chi connectivity index (χ1v) is 5.99. The molecule has 4 nitrogen and oxygen atoms in total. The monoisotopic (exact) mass is 269 g/mol. The van der Waals surface area contributed by atoms with Crippen LogP contribution in [0.5, 0.6) is 0 Å². The molecule has 0 radical (unpaired) electrons. The highest BCUT2D eigenvalue weighted by Gasteiger charge is 2.44. The van der Waals surface area contributed by atoms with Crippen LogP contribution in [0.1, 0.15) is 19.3 Å². The highest BCUT2D eigenvalue weighted by molar-refractivity contribution is 5.71. The van der Waals surface area contributed by atoms with E-state index in [9.17, 15) is 18.0 Å². The molecule has 0 aromatic heterocycles. The lowest BCUT2D eigenvalue weighted by Crippen LogP contribution is -2.39. The highest BCUT2D eigenvalue weighted by atomic mass is 19.4. The number of hydrogen-bond donors (Lipinski definition) is 2. The maximum atomic E-state index is 12.3. The molecule has 0 bridgehead atoms. The Bertz CT molecular complexity index is 267. The molecule has 0 aromatic rings. The first kappa shape index (κ1) is 15.2. The molecule has 1 aliphatic carbocycles. The molecule has 0 saturated heterocycles. The van der Waals surface area contributed by atoms with Crippen LogP contribution in [0.3, 0.4) is 0 Å². The normalized spacial score (nSPS) is 17.7. The first-order valence-electron chi connectivity index (χ1n) is 5.99. The highest BCUT2D eigenvalue weighted by Crippen LogP contribution is 2.28. The summed E-state index contributed by atoms with van der Waals surface area (Å²) in [4.78, 5) is 10.4. The Balaban J connectivity index is 2.01. The molecule has 106 valence electrons. The van der Waals surface area contributed by atoms with Crippen molar-refractivity contribution >= 4 is 5.97 Å². The van der Waals surface area contributed by atoms with Crippen molar-refractivity contribution in [3.8, 4) is 0 Å². The number of alkyl halides is 3. The van der Waals surface area contributed by atoms with Crippen LogP contribution in [0, 0.1) is 11.8 Å². The molecule has 18 heavy (non-hydrogen) atoms. The summed E-state index contributed by atoms with van der Waals surface area (Å²) in [5.74, 6) is -3.52. The third-order valence-electron chi connectivity index (χ3n) is 2.73. The molecule has 0 amide bonds. The van der Waals surface area contributed by atoms with Gasteiger partial charge in [0.1, 0.15) is 0 Å². The van der Waals surface area contributed by atoms with Crippen LogP contribution in [0.15, 0.2) is 0 Å². The van der Waals surface area contributed by atoms with Gasteiger partial charge in [0.15, 0.2) is 5.92 Å². The number of nitrogens with one attached hydrogen (secondary N) is 1. The number of hydrogen-bond acceptors (Lipinski definition) is 3. The van der Waals surface area contributed by atoms with Crippen molar-refractivity contribution in [3.63, 3.8) is 0 Å². The van der Waals surface area contributed by atoms with Gasteiger partial charge in [-0.05, 0) is 31.7 Å². The quantitative estimate of drug-likeness (QED) is 0.625. The Hall–Kier alpha value is -0.820. The van der Waals surface area contributed by atoms with Crippen molar-refractivity contribution in [1.82, 2.24) is 5.32 Å².